The van der Waals surface area contributed by atoms with E-state index >= 15 is 0 Å². The lowest BCUT2D eigenvalue weighted by atomic mass is 10.1. The normalized spacial score (nSPS) is 11.0. The zero-order chi connectivity index (χ0) is 30.2. The van der Waals surface area contributed by atoms with Gasteiger partial charge in [-0.15, -0.1) is 0 Å². The quantitative estimate of drug-likeness (QED) is 0.0602. The molecule has 0 aliphatic rings. The highest BCUT2D eigenvalue weighted by Gasteiger charge is 2.14. The molecule has 0 unspecified atom stereocenters. The van der Waals surface area contributed by atoms with Crippen molar-refractivity contribution < 1.29 is 23.9 Å². The number of hydrogen-bond acceptors (Lipinski definition) is 5. The first kappa shape index (κ1) is 39.4. The van der Waals surface area contributed by atoms with E-state index in [1.807, 2.05) is 6.92 Å². The molecule has 0 aromatic heterocycles. The number of nitrogens with zero attached hydrogens (tertiary/aromatic N) is 1. The van der Waals surface area contributed by atoms with Crippen LogP contribution >= 0.6 is 0 Å². The molecule has 0 spiro atoms. The molecule has 1 amide bonds. The molecule has 0 radical (unpaired) electrons. The van der Waals surface area contributed by atoms with Gasteiger partial charge in [-0.25, -0.2) is 0 Å². The van der Waals surface area contributed by atoms with Crippen molar-refractivity contribution in [2.24, 2.45) is 0 Å². The molecule has 0 atom stereocenters. The maximum absolute atomic E-state index is 12.3. The van der Waals surface area contributed by atoms with Gasteiger partial charge in [-0.05, 0) is 12.8 Å². The molecule has 0 bridgehead atoms. The van der Waals surface area contributed by atoms with E-state index in [1.54, 1.807) is 4.90 Å². The Morgan fingerprint density at radius 2 is 0.732 bits per heavy atom. The van der Waals surface area contributed by atoms with Crippen LogP contribution in [-0.4, -0.2) is 49.0 Å². The fourth-order valence-electron chi connectivity index (χ4n) is 5.14. The van der Waals surface area contributed by atoms with Crippen LogP contribution in [0.15, 0.2) is 0 Å². The molecule has 0 fully saturated rings. The highest BCUT2D eigenvalue weighted by molar-refractivity contribution is 5.76. The second-order valence-electron chi connectivity index (χ2n) is 11.7. The van der Waals surface area contributed by atoms with Crippen molar-refractivity contribution in [1.29, 1.82) is 0 Å². The highest BCUT2D eigenvalue weighted by Crippen LogP contribution is 2.13. The number of carbonyl (C=O) groups is 3. The smallest absolute Gasteiger partial charge is 0.305 e. The number of rotatable bonds is 31. The van der Waals surface area contributed by atoms with Gasteiger partial charge in [-0.3, -0.25) is 14.4 Å². The minimum Gasteiger partial charge on any atom is -0.464 e. The Kier molecular flexibility index (Phi) is 30.1. The lowest BCUT2D eigenvalue weighted by Crippen LogP contribution is -2.37. The van der Waals surface area contributed by atoms with Gasteiger partial charge in [0.05, 0.1) is 13.1 Å². The maximum atomic E-state index is 12.3. The van der Waals surface area contributed by atoms with Crippen LogP contribution in [0, 0.1) is 0 Å². The Balaban J connectivity index is 3.76. The summed E-state index contributed by atoms with van der Waals surface area (Å²) >= 11 is 0. The average molecular weight is 582 g/mol. The third kappa shape index (κ3) is 28.3. The minimum absolute atomic E-state index is 0.0205. The van der Waals surface area contributed by atoms with E-state index in [0.29, 0.717) is 32.4 Å². The zero-order valence-corrected chi connectivity index (χ0v) is 27.5. The maximum Gasteiger partial charge on any atom is 0.305 e. The van der Waals surface area contributed by atoms with Crippen molar-refractivity contribution >= 4 is 17.8 Å². The number of ether oxygens (including phenoxy) is 2. The number of hydrogen-bond donors (Lipinski definition) is 0. The summed E-state index contributed by atoms with van der Waals surface area (Å²) in [6.07, 6.45) is 28.7. The standard InChI is InChI=1S/C35H67NO5/c1-4-7-9-11-13-15-17-19-21-23-25-27-34(38)40-31-29-36(33(37)6-3)30-32-41-35(39)28-26-24-22-20-18-16-14-12-10-8-5-2/h4-32H2,1-3H3. The molecule has 0 saturated carbocycles. The Labute approximate surface area is 254 Å². The molecule has 0 aliphatic heterocycles. The van der Waals surface area contributed by atoms with Gasteiger partial charge in [-0.1, -0.05) is 149 Å². The van der Waals surface area contributed by atoms with Crippen molar-refractivity contribution in [3.05, 3.63) is 0 Å². The molecule has 6 nitrogen and oxygen atoms in total. The predicted molar refractivity (Wildman–Crippen MR) is 171 cm³/mol. The topological polar surface area (TPSA) is 72.9 Å². The Hall–Kier alpha value is -1.59. The third-order valence-electron chi connectivity index (χ3n) is 7.87. The summed E-state index contributed by atoms with van der Waals surface area (Å²) in [4.78, 5) is 38.1. The first-order chi connectivity index (χ1) is 20.0. The van der Waals surface area contributed by atoms with E-state index in [2.05, 4.69) is 13.8 Å². The molecular weight excluding hydrogens is 514 g/mol. The summed E-state index contributed by atoms with van der Waals surface area (Å²) < 4.78 is 10.7. The van der Waals surface area contributed by atoms with Crippen molar-refractivity contribution in [1.82, 2.24) is 4.90 Å². The molecule has 0 aromatic carbocycles. The van der Waals surface area contributed by atoms with Gasteiger partial charge in [0.25, 0.3) is 0 Å². The van der Waals surface area contributed by atoms with Gasteiger partial charge in [-0.2, -0.15) is 0 Å². The zero-order valence-electron chi connectivity index (χ0n) is 27.5. The van der Waals surface area contributed by atoms with Crippen LogP contribution in [-0.2, 0) is 23.9 Å². The second-order valence-corrected chi connectivity index (χ2v) is 11.7. The largest absolute Gasteiger partial charge is 0.464 e. The molecule has 0 rings (SSSR count). The summed E-state index contributed by atoms with van der Waals surface area (Å²) in [5.41, 5.74) is 0. The van der Waals surface area contributed by atoms with Crippen molar-refractivity contribution in [3.8, 4) is 0 Å². The van der Waals surface area contributed by atoms with Gasteiger partial charge in [0.2, 0.25) is 5.91 Å². The van der Waals surface area contributed by atoms with Gasteiger partial charge in [0.1, 0.15) is 13.2 Å². The first-order valence-electron chi connectivity index (χ1n) is 17.6. The monoisotopic (exact) mass is 582 g/mol. The molecular formula is C35H67NO5. The van der Waals surface area contributed by atoms with Crippen LogP contribution in [0.3, 0.4) is 0 Å². The van der Waals surface area contributed by atoms with Crippen LogP contribution in [0.25, 0.3) is 0 Å². The van der Waals surface area contributed by atoms with E-state index in [1.165, 1.54) is 116 Å². The first-order valence-corrected chi connectivity index (χ1v) is 17.6. The van der Waals surface area contributed by atoms with Gasteiger partial charge >= 0.3 is 11.9 Å². The molecule has 0 aromatic rings. The fraction of sp³-hybridized carbons (Fsp3) is 0.914. The van der Waals surface area contributed by atoms with Gasteiger partial charge < -0.3 is 14.4 Å². The van der Waals surface area contributed by atoms with E-state index in [-0.39, 0.29) is 31.1 Å². The van der Waals surface area contributed by atoms with E-state index < -0.39 is 0 Å². The second kappa shape index (κ2) is 31.3. The summed E-state index contributed by atoms with van der Waals surface area (Å²) in [6.45, 7) is 7.37. The number of carbonyl (C=O) groups excluding carboxylic acids is 3. The molecule has 242 valence electrons. The minimum atomic E-state index is -0.191. The Morgan fingerprint density at radius 1 is 0.439 bits per heavy atom. The SMILES string of the molecule is CCCCCCCCCCCCCC(=O)OCCN(CCOC(=O)CCCCCCCCCCCCC)C(=O)CC. The summed E-state index contributed by atoms with van der Waals surface area (Å²) in [7, 11) is 0. The number of unbranched alkanes of at least 4 members (excludes halogenated alkanes) is 20. The van der Waals surface area contributed by atoms with E-state index in [4.69, 9.17) is 9.47 Å². The van der Waals surface area contributed by atoms with E-state index in [9.17, 15) is 14.4 Å². The summed E-state index contributed by atoms with van der Waals surface area (Å²) in [5.74, 6) is -0.403. The lowest BCUT2D eigenvalue weighted by molar-refractivity contribution is -0.147. The van der Waals surface area contributed by atoms with E-state index in [0.717, 1.165) is 25.7 Å². The van der Waals surface area contributed by atoms with Gasteiger partial charge in [0, 0.05) is 19.3 Å². The van der Waals surface area contributed by atoms with Gasteiger partial charge in [0.15, 0.2) is 0 Å². The molecule has 0 N–H and O–H groups in total. The molecule has 0 saturated heterocycles. The van der Waals surface area contributed by atoms with Crippen LogP contribution < -0.4 is 0 Å². The molecule has 0 aliphatic carbocycles. The van der Waals surface area contributed by atoms with Crippen LogP contribution in [0.5, 0.6) is 0 Å². The lowest BCUT2D eigenvalue weighted by Gasteiger charge is -2.22. The van der Waals surface area contributed by atoms with Crippen LogP contribution in [0.1, 0.15) is 181 Å². The highest BCUT2D eigenvalue weighted by atomic mass is 16.5. The molecule has 0 heterocycles. The van der Waals surface area contributed by atoms with Crippen molar-refractivity contribution in [3.63, 3.8) is 0 Å². The van der Waals surface area contributed by atoms with Crippen LogP contribution in [0.2, 0.25) is 0 Å². The molecule has 6 heteroatoms. The Bertz CT molecular complexity index is 565. The molecule has 41 heavy (non-hydrogen) atoms. The van der Waals surface area contributed by atoms with Crippen LogP contribution in [0.4, 0.5) is 0 Å². The third-order valence-corrected chi connectivity index (χ3v) is 7.87. The Morgan fingerprint density at radius 3 is 1.02 bits per heavy atom. The number of amides is 1. The number of esters is 2. The van der Waals surface area contributed by atoms with Crippen molar-refractivity contribution in [2.45, 2.75) is 181 Å². The summed E-state index contributed by atoms with van der Waals surface area (Å²) in [5, 5.41) is 0. The fourth-order valence-corrected chi connectivity index (χ4v) is 5.14. The average Bonchev–Trinajstić information content (AvgIpc) is 2.97. The van der Waals surface area contributed by atoms with Crippen molar-refractivity contribution in [2.75, 3.05) is 26.3 Å². The summed E-state index contributed by atoms with van der Waals surface area (Å²) in [6, 6.07) is 0. The predicted octanol–water partition coefficient (Wildman–Crippen LogP) is 9.71.